The molecule has 0 atom stereocenters. The average Bonchev–Trinajstić information content (AvgIpc) is 2.70. The molecular weight excluding hydrogens is 389 g/mol. The monoisotopic (exact) mass is 412 g/mol. The van der Waals surface area contributed by atoms with Gasteiger partial charge in [0.25, 0.3) is 0 Å². The number of pyridine rings is 1. The van der Waals surface area contributed by atoms with Gasteiger partial charge in [-0.1, -0.05) is 6.07 Å². The van der Waals surface area contributed by atoms with Crippen molar-refractivity contribution in [1.82, 2.24) is 10.3 Å². The molecule has 1 aromatic heterocycles. The maximum absolute atomic E-state index is 12.4. The maximum Gasteiger partial charge on any atom is 0.422 e. The second kappa shape index (κ2) is 10.4. The van der Waals surface area contributed by atoms with Crippen LogP contribution in [0.5, 0.6) is 17.4 Å². The molecule has 0 radical (unpaired) electrons. The van der Waals surface area contributed by atoms with Gasteiger partial charge >= 0.3 is 6.18 Å². The van der Waals surface area contributed by atoms with E-state index in [0.717, 1.165) is 0 Å². The third kappa shape index (κ3) is 7.05. The zero-order valence-corrected chi connectivity index (χ0v) is 16.3. The van der Waals surface area contributed by atoms with Crippen molar-refractivity contribution in [2.75, 3.05) is 32.7 Å². The van der Waals surface area contributed by atoms with E-state index in [2.05, 4.69) is 20.6 Å². The molecule has 2 aromatic rings. The summed E-state index contributed by atoms with van der Waals surface area (Å²) in [7, 11) is 3.13. The van der Waals surface area contributed by atoms with Crippen LogP contribution in [-0.2, 0) is 6.54 Å². The number of guanidine groups is 1. The number of nitrogens with one attached hydrogen (secondary N) is 2. The topological polar surface area (TPSA) is 77.0 Å². The van der Waals surface area contributed by atoms with Crippen molar-refractivity contribution in [3.05, 3.63) is 42.1 Å². The summed E-state index contributed by atoms with van der Waals surface area (Å²) in [5.74, 6) is 1.49. The summed E-state index contributed by atoms with van der Waals surface area (Å²) in [6, 6.07) is 8.54. The summed E-state index contributed by atoms with van der Waals surface area (Å²) in [5, 5.41) is 6.10. The second-order valence-corrected chi connectivity index (χ2v) is 5.72. The van der Waals surface area contributed by atoms with Crippen LogP contribution in [0.3, 0.4) is 0 Å². The van der Waals surface area contributed by atoms with Gasteiger partial charge in [-0.15, -0.1) is 0 Å². The van der Waals surface area contributed by atoms with Crippen molar-refractivity contribution >= 4 is 11.6 Å². The van der Waals surface area contributed by atoms with Gasteiger partial charge in [0.2, 0.25) is 5.88 Å². The molecule has 1 heterocycles. The van der Waals surface area contributed by atoms with E-state index in [1.807, 2.05) is 6.92 Å². The van der Waals surface area contributed by atoms with Gasteiger partial charge in [0.05, 0.1) is 13.7 Å². The van der Waals surface area contributed by atoms with Crippen LogP contribution in [0.1, 0.15) is 12.5 Å². The van der Waals surface area contributed by atoms with Crippen molar-refractivity contribution in [2.45, 2.75) is 19.6 Å². The van der Waals surface area contributed by atoms with Crippen molar-refractivity contribution in [1.29, 1.82) is 0 Å². The molecule has 0 bridgehead atoms. The van der Waals surface area contributed by atoms with Gasteiger partial charge in [-0.25, -0.2) is 4.98 Å². The molecule has 0 fully saturated rings. The number of hydrogen-bond donors (Lipinski definition) is 2. The van der Waals surface area contributed by atoms with Gasteiger partial charge in [-0.05, 0) is 25.1 Å². The number of halogens is 3. The normalized spacial score (nSPS) is 11.7. The Bertz CT molecular complexity index is 829. The molecule has 0 aliphatic heterocycles. The number of aromatic nitrogens is 1. The fourth-order valence-electron chi connectivity index (χ4n) is 2.36. The van der Waals surface area contributed by atoms with Gasteiger partial charge in [-0.3, -0.25) is 4.99 Å². The molecule has 0 aliphatic rings. The Labute approximate surface area is 166 Å². The number of benzene rings is 1. The number of aliphatic imine (C=N–C) groups is 1. The largest absolute Gasteiger partial charge is 0.493 e. The van der Waals surface area contributed by atoms with Crippen molar-refractivity contribution in [3.8, 4) is 17.4 Å². The van der Waals surface area contributed by atoms with Crippen LogP contribution in [0.25, 0.3) is 0 Å². The van der Waals surface area contributed by atoms with Gasteiger partial charge in [0, 0.05) is 37.1 Å². The van der Waals surface area contributed by atoms with Gasteiger partial charge in [0.15, 0.2) is 24.1 Å². The minimum absolute atomic E-state index is 0.0872. The lowest BCUT2D eigenvalue weighted by atomic mass is 10.2. The molecule has 2 N–H and O–H groups in total. The molecule has 2 rings (SSSR count). The van der Waals surface area contributed by atoms with E-state index in [1.165, 1.54) is 6.20 Å². The zero-order chi connectivity index (χ0) is 21.3. The van der Waals surface area contributed by atoms with Crippen LogP contribution in [0.2, 0.25) is 0 Å². The van der Waals surface area contributed by atoms with E-state index in [9.17, 15) is 13.2 Å². The Morgan fingerprint density at radius 2 is 1.97 bits per heavy atom. The van der Waals surface area contributed by atoms with Crippen molar-refractivity contribution < 1.29 is 27.4 Å². The first-order valence-corrected chi connectivity index (χ1v) is 8.78. The van der Waals surface area contributed by atoms with Crippen LogP contribution in [0.4, 0.5) is 18.9 Å². The van der Waals surface area contributed by atoms with Gasteiger partial charge in [0.1, 0.15) is 0 Å². The van der Waals surface area contributed by atoms with Crippen LogP contribution in [-0.4, -0.2) is 44.5 Å². The predicted molar refractivity (Wildman–Crippen MR) is 104 cm³/mol. The molecule has 7 nitrogen and oxygen atoms in total. The number of anilines is 1. The molecule has 0 amide bonds. The van der Waals surface area contributed by atoms with Crippen LogP contribution < -0.4 is 24.8 Å². The first kappa shape index (κ1) is 22.1. The highest BCUT2D eigenvalue weighted by Crippen LogP contribution is 2.30. The number of ether oxygens (including phenoxy) is 3. The van der Waals surface area contributed by atoms with Crippen LogP contribution in [0, 0.1) is 0 Å². The lowest BCUT2D eigenvalue weighted by molar-refractivity contribution is -0.154. The lowest BCUT2D eigenvalue weighted by Crippen LogP contribution is -2.30. The molecule has 0 saturated heterocycles. The van der Waals surface area contributed by atoms with E-state index in [4.69, 9.17) is 14.2 Å². The van der Waals surface area contributed by atoms with Crippen LogP contribution >= 0.6 is 0 Å². The van der Waals surface area contributed by atoms with Crippen LogP contribution in [0.15, 0.2) is 41.5 Å². The molecule has 0 unspecified atom stereocenters. The summed E-state index contributed by atoms with van der Waals surface area (Å²) in [6.45, 7) is 1.10. The highest BCUT2D eigenvalue weighted by Gasteiger charge is 2.29. The van der Waals surface area contributed by atoms with E-state index < -0.39 is 12.8 Å². The maximum atomic E-state index is 12.4. The van der Waals surface area contributed by atoms with Gasteiger partial charge in [-0.2, -0.15) is 13.2 Å². The third-order valence-electron chi connectivity index (χ3n) is 3.62. The standard InChI is InChI=1S/C19H23F3N4O3/c1-4-28-16-10-14(7-8-15(16)27-3)26-18(23-2)25-11-13-6-5-9-24-17(13)29-12-19(20,21)22/h5-10H,4,11-12H2,1-3H3,(H2,23,25,26). The molecule has 29 heavy (non-hydrogen) atoms. The SMILES string of the molecule is CCOc1cc(NC(=NC)NCc2cccnc2OCC(F)(F)F)ccc1OC. The molecule has 158 valence electrons. The predicted octanol–water partition coefficient (Wildman–Crippen LogP) is 3.62. The first-order valence-electron chi connectivity index (χ1n) is 8.78. The Balaban J connectivity index is 2.04. The lowest BCUT2D eigenvalue weighted by Gasteiger charge is -2.16. The quantitative estimate of drug-likeness (QED) is 0.510. The zero-order valence-electron chi connectivity index (χ0n) is 16.3. The fourth-order valence-corrected chi connectivity index (χ4v) is 2.36. The van der Waals surface area contributed by atoms with E-state index >= 15 is 0 Å². The Morgan fingerprint density at radius 1 is 1.17 bits per heavy atom. The molecule has 0 aliphatic carbocycles. The minimum atomic E-state index is -4.44. The van der Waals surface area contributed by atoms with E-state index in [-0.39, 0.29) is 12.4 Å². The number of alkyl halides is 3. The molecule has 0 saturated carbocycles. The fraction of sp³-hybridized carbons (Fsp3) is 0.368. The highest BCUT2D eigenvalue weighted by atomic mass is 19.4. The number of hydrogen-bond acceptors (Lipinski definition) is 5. The Kier molecular flexibility index (Phi) is 7.93. The molecular formula is C19H23F3N4O3. The van der Waals surface area contributed by atoms with Gasteiger partial charge < -0.3 is 24.8 Å². The second-order valence-electron chi connectivity index (χ2n) is 5.72. The number of rotatable bonds is 8. The van der Waals surface area contributed by atoms with E-state index in [0.29, 0.717) is 35.3 Å². The third-order valence-corrected chi connectivity index (χ3v) is 3.62. The molecule has 10 heteroatoms. The van der Waals surface area contributed by atoms with Crippen molar-refractivity contribution in [2.24, 2.45) is 4.99 Å². The molecule has 0 spiro atoms. The first-order chi connectivity index (χ1) is 13.9. The summed E-state index contributed by atoms with van der Waals surface area (Å²) in [6.07, 6.45) is -3.07. The van der Waals surface area contributed by atoms with E-state index in [1.54, 1.807) is 44.5 Å². The highest BCUT2D eigenvalue weighted by molar-refractivity contribution is 5.93. The summed E-state index contributed by atoms with van der Waals surface area (Å²) < 4.78 is 52.8. The molecule has 1 aromatic carbocycles. The van der Waals surface area contributed by atoms with Crippen molar-refractivity contribution in [3.63, 3.8) is 0 Å². The number of nitrogens with zero attached hydrogens (tertiary/aromatic N) is 2. The smallest absolute Gasteiger partial charge is 0.422 e. The Morgan fingerprint density at radius 3 is 2.62 bits per heavy atom. The number of methoxy groups -OCH3 is 1. The minimum Gasteiger partial charge on any atom is -0.493 e. The summed E-state index contributed by atoms with van der Waals surface area (Å²) >= 11 is 0. The summed E-state index contributed by atoms with van der Waals surface area (Å²) in [4.78, 5) is 7.98. The Hall–Kier alpha value is -3.17. The summed E-state index contributed by atoms with van der Waals surface area (Å²) in [5.41, 5.74) is 1.16. The average molecular weight is 412 g/mol.